The summed E-state index contributed by atoms with van der Waals surface area (Å²) in [5, 5.41) is 4.06. The minimum absolute atomic E-state index is 0.178. The van der Waals surface area contributed by atoms with E-state index in [0.29, 0.717) is 24.6 Å². The van der Waals surface area contributed by atoms with Crippen LogP contribution in [0.5, 0.6) is 0 Å². The van der Waals surface area contributed by atoms with Gasteiger partial charge in [-0.15, -0.1) is 0 Å². The molecule has 0 unspecified atom stereocenters. The van der Waals surface area contributed by atoms with E-state index in [0.717, 1.165) is 37.0 Å². The molecule has 2 aliphatic rings. The van der Waals surface area contributed by atoms with Crippen molar-refractivity contribution in [3.63, 3.8) is 0 Å². The Kier molecular flexibility index (Phi) is 4.40. The van der Waals surface area contributed by atoms with E-state index in [1.807, 2.05) is 0 Å². The van der Waals surface area contributed by atoms with E-state index in [9.17, 15) is 9.59 Å². The third-order valence-corrected chi connectivity index (χ3v) is 5.45. The summed E-state index contributed by atoms with van der Waals surface area (Å²) in [5.74, 6) is 0.756. The molecule has 0 radical (unpaired) electrons. The first kappa shape index (κ1) is 17.0. The van der Waals surface area contributed by atoms with Crippen LogP contribution in [0, 0.1) is 11.3 Å². The standard InChI is InChI=1S/C18H26N2O4/c1-18(2,3)11-7-8-14-12(10-11)15(19-24-14)16(21)20-9-5-6-13(20)17(22)23-4/h11,13H,5-10H2,1-4H3/t11-,13+/m1/s1. The Labute approximate surface area is 142 Å². The molecule has 1 aliphatic carbocycles. The zero-order valence-corrected chi connectivity index (χ0v) is 14.9. The Balaban J connectivity index is 1.85. The number of likely N-dealkylation sites (tertiary alicyclic amines) is 1. The molecule has 24 heavy (non-hydrogen) atoms. The Hall–Kier alpha value is -1.85. The maximum Gasteiger partial charge on any atom is 0.328 e. The van der Waals surface area contributed by atoms with Gasteiger partial charge in [0.2, 0.25) is 0 Å². The maximum absolute atomic E-state index is 13.0. The molecule has 2 heterocycles. The summed E-state index contributed by atoms with van der Waals surface area (Å²) < 4.78 is 10.3. The van der Waals surface area contributed by atoms with Crippen LogP contribution in [0.25, 0.3) is 0 Å². The minimum Gasteiger partial charge on any atom is -0.467 e. The predicted octanol–water partition coefficient (Wildman–Crippen LogP) is 2.60. The third-order valence-electron chi connectivity index (χ3n) is 5.45. The second kappa shape index (κ2) is 6.22. The van der Waals surface area contributed by atoms with Gasteiger partial charge in [-0.3, -0.25) is 4.79 Å². The summed E-state index contributed by atoms with van der Waals surface area (Å²) in [5.41, 5.74) is 1.49. The van der Waals surface area contributed by atoms with Gasteiger partial charge >= 0.3 is 5.97 Å². The number of aromatic nitrogens is 1. The van der Waals surface area contributed by atoms with E-state index in [4.69, 9.17) is 9.26 Å². The average Bonchev–Trinajstić information content (AvgIpc) is 3.18. The van der Waals surface area contributed by atoms with Crippen LogP contribution in [-0.4, -0.2) is 41.6 Å². The van der Waals surface area contributed by atoms with Gasteiger partial charge in [-0.25, -0.2) is 4.79 Å². The monoisotopic (exact) mass is 334 g/mol. The smallest absolute Gasteiger partial charge is 0.328 e. The highest BCUT2D eigenvalue weighted by Gasteiger charge is 2.40. The van der Waals surface area contributed by atoms with Gasteiger partial charge in [0.25, 0.3) is 5.91 Å². The van der Waals surface area contributed by atoms with E-state index in [1.54, 1.807) is 4.90 Å². The van der Waals surface area contributed by atoms with Crippen molar-refractivity contribution in [2.45, 2.75) is 58.9 Å². The number of hydrogen-bond acceptors (Lipinski definition) is 5. The summed E-state index contributed by atoms with van der Waals surface area (Å²) in [6.45, 7) is 7.24. The number of ether oxygens (including phenoxy) is 1. The molecule has 6 heteroatoms. The van der Waals surface area contributed by atoms with Crippen molar-refractivity contribution >= 4 is 11.9 Å². The molecule has 2 atom stereocenters. The van der Waals surface area contributed by atoms with Crippen molar-refractivity contribution in [1.82, 2.24) is 10.1 Å². The van der Waals surface area contributed by atoms with Gasteiger partial charge in [0.1, 0.15) is 11.8 Å². The number of hydrogen-bond donors (Lipinski definition) is 0. The molecular weight excluding hydrogens is 308 g/mol. The summed E-state index contributed by atoms with van der Waals surface area (Å²) in [6, 6.07) is -0.503. The molecule has 6 nitrogen and oxygen atoms in total. The lowest BCUT2D eigenvalue weighted by atomic mass is 9.71. The van der Waals surface area contributed by atoms with Crippen LogP contribution in [0.15, 0.2) is 4.52 Å². The molecule has 1 aromatic heterocycles. The lowest BCUT2D eigenvalue weighted by molar-refractivity contribution is -0.145. The molecule has 0 saturated carbocycles. The molecular formula is C18H26N2O4. The van der Waals surface area contributed by atoms with Gasteiger partial charge in [-0.2, -0.15) is 0 Å². The molecule has 0 spiro atoms. The SMILES string of the molecule is COC(=O)[C@@H]1CCCN1C(=O)c1noc2c1C[C@H](C(C)(C)C)CC2. The molecule has 132 valence electrons. The highest BCUT2D eigenvalue weighted by Crippen LogP contribution is 2.38. The van der Waals surface area contributed by atoms with Crippen molar-refractivity contribution in [2.75, 3.05) is 13.7 Å². The van der Waals surface area contributed by atoms with Crippen molar-refractivity contribution in [3.8, 4) is 0 Å². The van der Waals surface area contributed by atoms with Crippen LogP contribution in [0.2, 0.25) is 0 Å². The van der Waals surface area contributed by atoms with E-state index in [2.05, 4.69) is 25.9 Å². The van der Waals surface area contributed by atoms with Crippen LogP contribution < -0.4 is 0 Å². The topological polar surface area (TPSA) is 72.6 Å². The zero-order chi connectivity index (χ0) is 17.5. The summed E-state index contributed by atoms with van der Waals surface area (Å²) in [4.78, 5) is 26.5. The fourth-order valence-corrected chi connectivity index (χ4v) is 3.84. The number of esters is 1. The van der Waals surface area contributed by atoms with Crippen LogP contribution in [-0.2, 0) is 22.4 Å². The van der Waals surface area contributed by atoms with Gasteiger partial charge in [-0.1, -0.05) is 25.9 Å². The largest absolute Gasteiger partial charge is 0.467 e. The zero-order valence-electron chi connectivity index (χ0n) is 14.9. The first-order chi connectivity index (χ1) is 11.3. The average molecular weight is 334 g/mol. The Morgan fingerprint density at radius 1 is 1.29 bits per heavy atom. The van der Waals surface area contributed by atoms with Crippen molar-refractivity contribution in [1.29, 1.82) is 0 Å². The van der Waals surface area contributed by atoms with Crippen LogP contribution in [0.1, 0.15) is 61.8 Å². The second-order valence-electron chi connectivity index (χ2n) is 7.92. The molecule has 1 fully saturated rings. The number of nitrogens with zero attached hydrogens (tertiary/aromatic N) is 2. The molecule has 1 saturated heterocycles. The molecule has 0 bridgehead atoms. The van der Waals surface area contributed by atoms with E-state index in [-0.39, 0.29) is 17.3 Å². The van der Waals surface area contributed by atoms with Gasteiger partial charge < -0.3 is 14.2 Å². The number of aryl methyl sites for hydroxylation is 1. The fourth-order valence-electron chi connectivity index (χ4n) is 3.84. The summed E-state index contributed by atoms with van der Waals surface area (Å²) in [7, 11) is 1.36. The Morgan fingerprint density at radius 2 is 2.04 bits per heavy atom. The maximum atomic E-state index is 13.0. The van der Waals surface area contributed by atoms with E-state index >= 15 is 0 Å². The number of amides is 1. The Morgan fingerprint density at radius 3 is 2.71 bits per heavy atom. The minimum atomic E-state index is -0.503. The summed E-state index contributed by atoms with van der Waals surface area (Å²) >= 11 is 0. The van der Waals surface area contributed by atoms with E-state index in [1.165, 1.54) is 7.11 Å². The molecule has 0 aromatic carbocycles. The first-order valence-electron chi connectivity index (χ1n) is 8.69. The van der Waals surface area contributed by atoms with Gasteiger partial charge in [0.15, 0.2) is 5.69 Å². The molecule has 1 aromatic rings. The molecule has 0 N–H and O–H groups in total. The van der Waals surface area contributed by atoms with Crippen LogP contribution in [0.4, 0.5) is 0 Å². The number of fused-ring (bicyclic) bond motifs is 1. The highest BCUT2D eigenvalue weighted by atomic mass is 16.5. The van der Waals surface area contributed by atoms with Crippen molar-refractivity contribution < 1.29 is 18.8 Å². The number of methoxy groups -OCH3 is 1. The van der Waals surface area contributed by atoms with Crippen molar-refractivity contribution in [3.05, 3.63) is 17.0 Å². The predicted molar refractivity (Wildman–Crippen MR) is 87.5 cm³/mol. The molecule has 1 amide bonds. The first-order valence-corrected chi connectivity index (χ1v) is 8.69. The fraction of sp³-hybridized carbons (Fsp3) is 0.722. The second-order valence-corrected chi connectivity index (χ2v) is 7.92. The number of carbonyl (C=O) groups excluding carboxylic acids is 2. The van der Waals surface area contributed by atoms with Crippen LogP contribution in [0.3, 0.4) is 0 Å². The van der Waals surface area contributed by atoms with Gasteiger partial charge in [0, 0.05) is 18.5 Å². The normalized spacial score (nSPS) is 23.9. The quantitative estimate of drug-likeness (QED) is 0.777. The summed E-state index contributed by atoms with van der Waals surface area (Å²) in [6.07, 6.45) is 4.12. The van der Waals surface area contributed by atoms with Crippen LogP contribution >= 0.6 is 0 Å². The molecule has 3 rings (SSSR count). The lowest BCUT2D eigenvalue weighted by Gasteiger charge is -2.33. The van der Waals surface area contributed by atoms with Crippen molar-refractivity contribution in [2.24, 2.45) is 11.3 Å². The highest BCUT2D eigenvalue weighted by molar-refractivity contribution is 5.96. The number of carbonyl (C=O) groups is 2. The lowest BCUT2D eigenvalue weighted by Crippen LogP contribution is -2.41. The Bertz CT molecular complexity index is 644. The third kappa shape index (κ3) is 2.94. The van der Waals surface area contributed by atoms with Gasteiger partial charge in [-0.05, 0) is 37.0 Å². The molecule has 1 aliphatic heterocycles. The van der Waals surface area contributed by atoms with Gasteiger partial charge in [0.05, 0.1) is 7.11 Å². The van der Waals surface area contributed by atoms with E-state index < -0.39 is 6.04 Å². The number of rotatable bonds is 2.